The molecule has 2 atom stereocenters. The molecule has 0 aliphatic carbocycles. The number of fused-ring (bicyclic) bond motifs is 3. The summed E-state index contributed by atoms with van der Waals surface area (Å²) in [7, 11) is 1.59. The number of anilines is 1. The fourth-order valence-corrected chi connectivity index (χ4v) is 5.88. The van der Waals surface area contributed by atoms with Crippen molar-refractivity contribution in [2.45, 2.75) is 50.9 Å². The van der Waals surface area contributed by atoms with Gasteiger partial charge in [0.2, 0.25) is 11.8 Å². The average Bonchev–Trinajstić information content (AvgIpc) is 3.34. The maximum absolute atomic E-state index is 13.7. The number of aryl methyl sites for hydroxylation is 1. The van der Waals surface area contributed by atoms with Crippen molar-refractivity contribution in [3.8, 4) is 5.75 Å². The van der Waals surface area contributed by atoms with Crippen molar-refractivity contribution in [3.05, 3.63) is 89.5 Å². The van der Waals surface area contributed by atoms with Crippen LogP contribution in [0, 0.1) is 6.92 Å². The van der Waals surface area contributed by atoms with Crippen molar-refractivity contribution in [1.29, 1.82) is 0 Å². The van der Waals surface area contributed by atoms with Crippen LogP contribution in [-0.4, -0.2) is 52.0 Å². The predicted octanol–water partition coefficient (Wildman–Crippen LogP) is 5.21. The molecule has 10 heteroatoms. The van der Waals surface area contributed by atoms with E-state index in [4.69, 9.17) is 14.7 Å². The van der Waals surface area contributed by atoms with Crippen molar-refractivity contribution >= 4 is 51.9 Å². The van der Waals surface area contributed by atoms with E-state index in [9.17, 15) is 14.4 Å². The summed E-state index contributed by atoms with van der Waals surface area (Å²) in [6.07, 6.45) is 0.920. The summed E-state index contributed by atoms with van der Waals surface area (Å²) in [5.74, 6) is 0.607. The Balaban J connectivity index is 1.28. The lowest BCUT2D eigenvalue weighted by Crippen LogP contribution is -2.42. The van der Waals surface area contributed by atoms with E-state index in [1.165, 1.54) is 16.7 Å². The Labute approximate surface area is 249 Å². The second kappa shape index (κ2) is 13.0. The number of nitrogens with one attached hydrogen (secondary N) is 2. The number of thioether (sulfide) groups is 1. The number of para-hydroxylation sites is 2. The van der Waals surface area contributed by atoms with E-state index >= 15 is 0 Å². The van der Waals surface area contributed by atoms with Crippen molar-refractivity contribution < 1.29 is 19.1 Å². The number of ether oxygens (including phenoxy) is 1. The Morgan fingerprint density at radius 2 is 1.86 bits per heavy atom. The molecule has 2 N–H and O–H groups in total. The number of benzene rings is 3. The van der Waals surface area contributed by atoms with Gasteiger partial charge in [0, 0.05) is 29.8 Å². The highest BCUT2D eigenvalue weighted by Gasteiger charge is 2.42. The van der Waals surface area contributed by atoms with E-state index in [1.807, 2.05) is 86.6 Å². The topological polar surface area (TPSA) is 112 Å². The number of nitrogens with zero attached hydrogens (tertiary/aromatic N) is 3. The Kier molecular flexibility index (Phi) is 9.02. The number of hydrogen-bond donors (Lipinski definition) is 2. The molecule has 0 saturated heterocycles. The minimum atomic E-state index is -0.727. The highest BCUT2D eigenvalue weighted by atomic mass is 32.2. The van der Waals surface area contributed by atoms with Crippen molar-refractivity contribution in [2.75, 3.05) is 12.4 Å². The van der Waals surface area contributed by atoms with E-state index in [2.05, 4.69) is 10.6 Å². The molecule has 3 amide bonds. The molecule has 3 aromatic rings. The summed E-state index contributed by atoms with van der Waals surface area (Å²) in [5, 5.41) is 5.82. The highest BCUT2D eigenvalue weighted by Crippen LogP contribution is 2.36. The Morgan fingerprint density at radius 3 is 2.64 bits per heavy atom. The molecule has 216 valence electrons. The molecule has 0 saturated carbocycles. The lowest BCUT2D eigenvalue weighted by Gasteiger charge is -2.27. The van der Waals surface area contributed by atoms with Gasteiger partial charge in [-0.05, 0) is 55.7 Å². The normalized spacial score (nSPS) is 16.1. The summed E-state index contributed by atoms with van der Waals surface area (Å²) in [6.45, 7) is 4.22. The Hall–Kier alpha value is -4.44. The molecular formula is C32H33N5O4S. The number of carbonyl (C=O) groups is 3. The van der Waals surface area contributed by atoms with Crippen LogP contribution in [-0.2, 0) is 20.9 Å². The van der Waals surface area contributed by atoms with Gasteiger partial charge < -0.3 is 15.4 Å². The average molecular weight is 584 g/mol. The van der Waals surface area contributed by atoms with Gasteiger partial charge in [0.25, 0.3) is 5.91 Å². The standard InChI is InChI=1S/C32H33N5O4S/c1-4-27(30(39)34-22-12-9-10-20(2)18-22)42-32-36-24-14-7-6-13-23(24)29-35-25(31(40)37(29)32)16-17-28(38)33-19-21-11-5-8-15-26(21)41-3/h5-15,18,25,27H,4,16-17,19H2,1-3H3,(H,33,38)(H,34,39)/t25-,27+/m1/s1. The molecule has 3 aromatic carbocycles. The van der Waals surface area contributed by atoms with Crippen molar-refractivity contribution in [3.63, 3.8) is 0 Å². The van der Waals surface area contributed by atoms with Crippen LogP contribution in [0.1, 0.15) is 42.9 Å². The molecule has 0 unspecified atom stereocenters. The lowest BCUT2D eigenvalue weighted by molar-refractivity contribution is -0.125. The number of amidine groups is 2. The molecule has 0 fully saturated rings. The number of hydrogen-bond acceptors (Lipinski definition) is 7. The first kappa shape index (κ1) is 29.1. The number of methoxy groups -OCH3 is 1. The summed E-state index contributed by atoms with van der Waals surface area (Å²) < 4.78 is 5.35. The van der Waals surface area contributed by atoms with Crippen LogP contribution in [0.5, 0.6) is 5.75 Å². The molecule has 2 aliphatic rings. The summed E-state index contributed by atoms with van der Waals surface area (Å²) >= 11 is 1.25. The van der Waals surface area contributed by atoms with Gasteiger partial charge in [0.1, 0.15) is 17.6 Å². The van der Waals surface area contributed by atoms with Crippen LogP contribution >= 0.6 is 11.8 Å². The number of rotatable bonds is 10. The Bertz CT molecular complexity index is 1570. The molecule has 0 radical (unpaired) electrons. The minimum Gasteiger partial charge on any atom is -0.496 e. The third-order valence-electron chi connectivity index (χ3n) is 7.06. The molecule has 0 bridgehead atoms. The fourth-order valence-electron chi connectivity index (χ4n) is 4.86. The van der Waals surface area contributed by atoms with Crippen molar-refractivity contribution in [2.24, 2.45) is 9.98 Å². The smallest absolute Gasteiger partial charge is 0.259 e. The largest absolute Gasteiger partial charge is 0.496 e. The predicted molar refractivity (Wildman–Crippen MR) is 166 cm³/mol. The van der Waals surface area contributed by atoms with Gasteiger partial charge in [-0.3, -0.25) is 19.4 Å². The van der Waals surface area contributed by atoms with Crippen molar-refractivity contribution in [1.82, 2.24) is 10.2 Å². The van der Waals surface area contributed by atoms with Crippen LogP contribution in [0.3, 0.4) is 0 Å². The van der Waals surface area contributed by atoms with Crippen LogP contribution in [0.15, 0.2) is 82.8 Å². The SMILES string of the molecule is CC[C@H](SC1=Nc2ccccc2C2=N[C@H](CCC(=O)NCc3ccccc3OC)C(=O)N12)C(=O)Nc1cccc(C)c1. The monoisotopic (exact) mass is 583 g/mol. The summed E-state index contributed by atoms with van der Waals surface area (Å²) in [5.41, 5.74) is 4.07. The van der Waals surface area contributed by atoms with Gasteiger partial charge in [-0.15, -0.1) is 0 Å². The van der Waals surface area contributed by atoms with Crippen LogP contribution < -0.4 is 15.4 Å². The van der Waals surface area contributed by atoms with E-state index in [0.717, 1.165) is 22.4 Å². The molecule has 2 heterocycles. The van der Waals surface area contributed by atoms with Gasteiger partial charge in [0.15, 0.2) is 5.17 Å². The zero-order valence-corrected chi connectivity index (χ0v) is 24.6. The maximum Gasteiger partial charge on any atom is 0.259 e. The van der Waals surface area contributed by atoms with Gasteiger partial charge in [-0.25, -0.2) is 9.89 Å². The second-order valence-corrected chi connectivity index (χ2v) is 11.2. The molecule has 2 aliphatic heterocycles. The first-order valence-electron chi connectivity index (χ1n) is 13.9. The zero-order valence-electron chi connectivity index (χ0n) is 23.8. The number of carbonyl (C=O) groups excluding carboxylic acids is 3. The van der Waals surface area contributed by atoms with Crippen LogP contribution in [0.4, 0.5) is 11.4 Å². The number of aliphatic imine (C=N–C) groups is 2. The maximum atomic E-state index is 13.7. The zero-order chi connectivity index (χ0) is 29.6. The quantitative estimate of drug-likeness (QED) is 0.340. The first-order valence-corrected chi connectivity index (χ1v) is 14.8. The number of amides is 3. The second-order valence-electron chi connectivity index (χ2n) is 10.1. The molecule has 42 heavy (non-hydrogen) atoms. The summed E-state index contributed by atoms with van der Waals surface area (Å²) in [4.78, 5) is 50.6. The van der Waals surface area contributed by atoms with Gasteiger partial charge in [0.05, 0.1) is 18.0 Å². The Morgan fingerprint density at radius 1 is 1.07 bits per heavy atom. The lowest BCUT2D eigenvalue weighted by atomic mass is 10.1. The van der Waals surface area contributed by atoms with E-state index < -0.39 is 11.3 Å². The third-order valence-corrected chi connectivity index (χ3v) is 8.37. The molecular weight excluding hydrogens is 550 g/mol. The minimum absolute atomic E-state index is 0.133. The first-order chi connectivity index (χ1) is 20.4. The molecule has 0 aromatic heterocycles. The van der Waals surface area contributed by atoms with E-state index in [0.29, 0.717) is 35.4 Å². The third kappa shape index (κ3) is 6.38. The van der Waals surface area contributed by atoms with Crippen LogP contribution in [0.2, 0.25) is 0 Å². The molecule has 5 rings (SSSR count). The fraction of sp³-hybridized carbons (Fsp3) is 0.281. The molecule has 0 spiro atoms. The van der Waals surface area contributed by atoms with E-state index in [-0.39, 0.29) is 30.6 Å². The summed E-state index contributed by atoms with van der Waals surface area (Å²) in [6, 6.07) is 21.9. The van der Waals surface area contributed by atoms with E-state index in [1.54, 1.807) is 7.11 Å². The molecule has 9 nitrogen and oxygen atoms in total. The van der Waals surface area contributed by atoms with Gasteiger partial charge >= 0.3 is 0 Å². The van der Waals surface area contributed by atoms with Gasteiger partial charge in [-0.1, -0.05) is 61.2 Å². The highest BCUT2D eigenvalue weighted by molar-refractivity contribution is 8.15. The van der Waals surface area contributed by atoms with Gasteiger partial charge in [-0.2, -0.15) is 0 Å². The van der Waals surface area contributed by atoms with Crippen LogP contribution in [0.25, 0.3) is 0 Å².